The van der Waals surface area contributed by atoms with Crippen LogP contribution in [0.4, 0.5) is 0 Å². The van der Waals surface area contributed by atoms with Crippen molar-refractivity contribution in [3.63, 3.8) is 0 Å². The van der Waals surface area contributed by atoms with Crippen LogP contribution in [0.15, 0.2) is 10.2 Å². The van der Waals surface area contributed by atoms with Crippen LogP contribution >= 0.6 is 11.3 Å². The summed E-state index contributed by atoms with van der Waals surface area (Å²) in [5, 5.41) is 4.69. The number of rotatable bonds is 6. The molecule has 86 valence electrons. The summed E-state index contributed by atoms with van der Waals surface area (Å²) in [6.45, 7) is 2.54. The van der Waals surface area contributed by atoms with E-state index < -0.39 is 9.84 Å². The molecule has 0 bridgehead atoms. The summed E-state index contributed by atoms with van der Waals surface area (Å²) in [5.41, 5.74) is 0.791. The molecule has 1 heterocycles. The van der Waals surface area contributed by atoms with E-state index in [1.54, 1.807) is 12.3 Å². The predicted octanol–water partition coefficient (Wildman–Crippen LogP) is -0.0393. The average molecular weight is 250 g/mol. The minimum Gasteiger partial charge on any atom is -0.315 e. The van der Waals surface area contributed by atoms with Crippen molar-refractivity contribution in [2.45, 2.75) is 13.5 Å². The molecular weight excluding hydrogens is 236 g/mol. The number of aromatic amines is 1. The molecule has 0 aliphatic heterocycles. The van der Waals surface area contributed by atoms with Gasteiger partial charge in [-0.15, -0.1) is 0 Å². The lowest BCUT2D eigenvalue weighted by atomic mass is 10.5. The van der Waals surface area contributed by atoms with E-state index in [2.05, 4.69) is 10.3 Å². The zero-order valence-electron chi connectivity index (χ0n) is 8.45. The molecule has 7 heteroatoms. The lowest BCUT2D eigenvalue weighted by molar-refractivity contribution is 0.591. The van der Waals surface area contributed by atoms with E-state index in [0.717, 1.165) is 17.0 Å². The topological polar surface area (TPSA) is 79.0 Å². The Labute approximate surface area is 92.5 Å². The molecule has 0 unspecified atom stereocenters. The second-order valence-corrected chi connectivity index (χ2v) is 6.40. The predicted molar refractivity (Wildman–Crippen MR) is 61.0 cm³/mol. The normalized spacial score (nSPS) is 11.8. The van der Waals surface area contributed by atoms with Gasteiger partial charge in [-0.1, -0.05) is 18.3 Å². The van der Waals surface area contributed by atoms with E-state index in [1.807, 2.05) is 0 Å². The highest BCUT2D eigenvalue weighted by Gasteiger charge is 2.06. The van der Waals surface area contributed by atoms with Gasteiger partial charge in [0.25, 0.3) is 0 Å². The molecule has 0 aromatic carbocycles. The third kappa shape index (κ3) is 4.59. The molecule has 0 radical (unpaired) electrons. The maximum Gasteiger partial charge on any atom is 0.304 e. The molecule has 0 saturated heterocycles. The van der Waals surface area contributed by atoms with Gasteiger partial charge in [0.15, 0.2) is 9.84 Å². The van der Waals surface area contributed by atoms with Gasteiger partial charge >= 0.3 is 4.87 Å². The number of sulfone groups is 1. The summed E-state index contributed by atoms with van der Waals surface area (Å²) in [4.78, 5) is 13.3. The first-order valence-corrected chi connectivity index (χ1v) is 7.31. The van der Waals surface area contributed by atoms with Crippen LogP contribution in [-0.2, 0) is 16.4 Å². The summed E-state index contributed by atoms with van der Waals surface area (Å²) in [7, 11) is -2.90. The van der Waals surface area contributed by atoms with Gasteiger partial charge in [-0.05, 0) is 0 Å². The number of hydrogen-bond acceptors (Lipinski definition) is 5. The fraction of sp³-hybridized carbons (Fsp3) is 0.625. The van der Waals surface area contributed by atoms with Crippen LogP contribution in [0.3, 0.4) is 0 Å². The molecule has 1 aromatic rings. The number of thiazole rings is 1. The monoisotopic (exact) mass is 250 g/mol. The minimum atomic E-state index is -2.90. The van der Waals surface area contributed by atoms with Gasteiger partial charge in [-0.25, -0.2) is 8.42 Å². The zero-order chi connectivity index (χ0) is 11.3. The third-order valence-corrected chi connectivity index (χ3v) is 4.34. The second kappa shape index (κ2) is 5.43. The molecule has 0 saturated carbocycles. The molecule has 2 N–H and O–H groups in total. The van der Waals surface area contributed by atoms with Crippen molar-refractivity contribution in [2.24, 2.45) is 0 Å². The number of nitrogens with one attached hydrogen (secondary N) is 2. The largest absolute Gasteiger partial charge is 0.315 e. The Morgan fingerprint density at radius 3 is 2.80 bits per heavy atom. The van der Waals surface area contributed by atoms with E-state index in [4.69, 9.17) is 0 Å². The van der Waals surface area contributed by atoms with E-state index >= 15 is 0 Å². The van der Waals surface area contributed by atoms with Crippen molar-refractivity contribution in [3.05, 3.63) is 20.7 Å². The van der Waals surface area contributed by atoms with Gasteiger partial charge in [0.1, 0.15) is 0 Å². The van der Waals surface area contributed by atoms with Crippen molar-refractivity contribution in [2.75, 3.05) is 18.1 Å². The maximum atomic E-state index is 11.1. The average Bonchev–Trinajstić information content (AvgIpc) is 2.59. The van der Waals surface area contributed by atoms with Crippen LogP contribution in [-0.4, -0.2) is 31.5 Å². The highest BCUT2D eigenvalue weighted by molar-refractivity contribution is 7.91. The van der Waals surface area contributed by atoms with Crippen LogP contribution in [0.5, 0.6) is 0 Å². The first-order chi connectivity index (χ1) is 7.03. The molecule has 0 aliphatic rings. The van der Waals surface area contributed by atoms with Gasteiger partial charge in [0.05, 0.1) is 5.75 Å². The fourth-order valence-corrected chi connectivity index (χ4v) is 2.32. The Bertz CT molecular complexity index is 446. The van der Waals surface area contributed by atoms with Crippen molar-refractivity contribution in [1.82, 2.24) is 10.3 Å². The van der Waals surface area contributed by atoms with Gasteiger partial charge in [-0.3, -0.25) is 4.79 Å². The third-order valence-electron chi connectivity index (χ3n) is 1.92. The van der Waals surface area contributed by atoms with Crippen molar-refractivity contribution in [3.8, 4) is 0 Å². The Balaban J connectivity index is 2.26. The maximum absolute atomic E-state index is 11.1. The van der Waals surface area contributed by atoms with Crippen molar-refractivity contribution < 1.29 is 8.42 Å². The van der Waals surface area contributed by atoms with Gasteiger partial charge in [0, 0.05) is 29.9 Å². The standard InChI is InChI=1S/C8H14N2O3S2/c1-2-15(12,13)4-3-9-5-7-6-14-8(11)10-7/h6,9H,2-5H2,1H3,(H,10,11). The Hall–Kier alpha value is -0.660. The summed E-state index contributed by atoms with van der Waals surface area (Å²) < 4.78 is 22.2. The lowest BCUT2D eigenvalue weighted by Gasteiger charge is -2.02. The minimum absolute atomic E-state index is 0.0898. The molecule has 0 spiro atoms. The molecular formula is C8H14N2O3S2. The first kappa shape index (κ1) is 12.4. The Morgan fingerprint density at radius 1 is 1.53 bits per heavy atom. The van der Waals surface area contributed by atoms with Gasteiger partial charge in [-0.2, -0.15) is 0 Å². The van der Waals surface area contributed by atoms with Crippen LogP contribution < -0.4 is 10.2 Å². The van der Waals surface area contributed by atoms with Crippen LogP contribution in [0.25, 0.3) is 0 Å². The van der Waals surface area contributed by atoms with E-state index in [-0.39, 0.29) is 16.4 Å². The molecule has 0 atom stereocenters. The number of hydrogen-bond donors (Lipinski definition) is 2. The van der Waals surface area contributed by atoms with E-state index in [9.17, 15) is 13.2 Å². The van der Waals surface area contributed by atoms with Gasteiger partial charge in [0.2, 0.25) is 0 Å². The van der Waals surface area contributed by atoms with Crippen LogP contribution in [0.2, 0.25) is 0 Å². The molecule has 1 rings (SSSR count). The SMILES string of the molecule is CCS(=O)(=O)CCNCc1csc(=O)[nH]1. The van der Waals surface area contributed by atoms with Crippen molar-refractivity contribution in [1.29, 1.82) is 0 Å². The number of aromatic nitrogens is 1. The molecule has 0 amide bonds. The molecule has 0 aliphatic carbocycles. The van der Waals surface area contributed by atoms with Crippen LogP contribution in [0, 0.1) is 0 Å². The lowest BCUT2D eigenvalue weighted by Crippen LogP contribution is -2.23. The fourth-order valence-electron chi connectivity index (χ4n) is 0.996. The zero-order valence-corrected chi connectivity index (χ0v) is 10.1. The summed E-state index contributed by atoms with van der Waals surface area (Å²) in [5.74, 6) is 0.307. The quantitative estimate of drug-likeness (QED) is 0.694. The van der Waals surface area contributed by atoms with Crippen LogP contribution in [0.1, 0.15) is 12.6 Å². The smallest absolute Gasteiger partial charge is 0.304 e. The highest BCUT2D eigenvalue weighted by Crippen LogP contribution is 1.94. The summed E-state index contributed by atoms with van der Waals surface area (Å²) >= 11 is 1.10. The molecule has 15 heavy (non-hydrogen) atoms. The second-order valence-electron chi connectivity index (χ2n) is 3.09. The highest BCUT2D eigenvalue weighted by atomic mass is 32.2. The van der Waals surface area contributed by atoms with Crippen molar-refractivity contribution >= 4 is 21.2 Å². The molecule has 1 aromatic heterocycles. The molecule has 0 fully saturated rings. The van der Waals surface area contributed by atoms with E-state index in [1.165, 1.54) is 0 Å². The summed E-state index contributed by atoms with van der Waals surface area (Å²) in [6, 6.07) is 0. The Morgan fingerprint density at radius 2 is 2.27 bits per heavy atom. The number of H-pyrrole nitrogens is 1. The van der Waals surface area contributed by atoms with Gasteiger partial charge < -0.3 is 10.3 Å². The molecule has 5 nitrogen and oxygen atoms in total. The van der Waals surface area contributed by atoms with E-state index in [0.29, 0.717) is 13.1 Å². The first-order valence-electron chi connectivity index (χ1n) is 4.61. The Kier molecular flexibility index (Phi) is 4.49. The summed E-state index contributed by atoms with van der Waals surface area (Å²) in [6.07, 6.45) is 0.